The number of carbonyl (C=O) groups is 1. The van der Waals surface area contributed by atoms with Crippen LogP contribution in [0.3, 0.4) is 0 Å². The topological polar surface area (TPSA) is 74.5 Å². The van der Waals surface area contributed by atoms with E-state index in [1.165, 1.54) is 44.3 Å². The van der Waals surface area contributed by atoms with Crippen molar-refractivity contribution < 1.29 is 9.32 Å². The third-order valence-electron chi connectivity index (χ3n) is 7.48. The van der Waals surface area contributed by atoms with Gasteiger partial charge in [0.25, 0.3) is 0 Å². The number of piperidine rings is 1. The number of nitrogens with one attached hydrogen (secondary N) is 1. The van der Waals surface area contributed by atoms with Crippen molar-refractivity contribution in [3.05, 3.63) is 70.6 Å². The summed E-state index contributed by atoms with van der Waals surface area (Å²) in [5, 5.41) is 7.92. The zero-order chi connectivity index (χ0) is 25.5. The van der Waals surface area contributed by atoms with Crippen LogP contribution in [0.4, 0.5) is 0 Å². The quantitative estimate of drug-likeness (QED) is 0.434. The Morgan fingerprint density at radius 1 is 0.865 bits per heavy atom. The van der Waals surface area contributed by atoms with Gasteiger partial charge in [-0.05, 0) is 87.3 Å². The van der Waals surface area contributed by atoms with Gasteiger partial charge in [0.05, 0.1) is 6.54 Å². The lowest BCUT2D eigenvalue weighted by atomic mass is 9.96. The van der Waals surface area contributed by atoms with Gasteiger partial charge in [-0.1, -0.05) is 53.9 Å². The monoisotopic (exact) mass is 521 g/mol. The van der Waals surface area contributed by atoms with Crippen LogP contribution in [0.25, 0.3) is 11.4 Å². The molecule has 37 heavy (non-hydrogen) atoms. The van der Waals surface area contributed by atoms with E-state index in [2.05, 4.69) is 49.5 Å². The molecule has 2 saturated heterocycles. The molecule has 2 aromatic carbocycles. The summed E-state index contributed by atoms with van der Waals surface area (Å²) >= 11 is 5.96. The lowest BCUT2D eigenvalue weighted by Gasteiger charge is -2.30. The largest absolute Gasteiger partial charge is 0.352 e. The Morgan fingerprint density at radius 3 is 2.22 bits per heavy atom. The van der Waals surface area contributed by atoms with Crippen molar-refractivity contribution in [3.63, 3.8) is 0 Å². The van der Waals surface area contributed by atoms with Gasteiger partial charge in [-0.15, -0.1) is 0 Å². The van der Waals surface area contributed by atoms with Crippen molar-refractivity contribution in [2.24, 2.45) is 5.92 Å². The lowest BCUT2D eigenvalue weighted by Crippen LogP contribution is -2.40. The van der Waals surface area contributed by atoms with E-state index in [-0.39, 0.29) is 11.8 Å². The van der Waals surface area contributed by atoms with Crippen LogP contribution in [0.1, 0.15) is 55.5 Å². The Balaban J connectivity index is 1.03. The minimum Gasteiger partial charge on any atom is -0.352 e. The number of carbonyl (C=O) groups excluding carboxylic acids is 1. The highest BCUT2D eigenvalue weighted by atomic mass is 35.5. The minimum atomic E-state index is 0.0471. The number of halogens is 1. The first-order valence-electron chi connectivity index (χ1n) is 13.5. The Hall–Kier alpha value is -2.74. The molecule has 0 aliphatic carbocycles. The van der Waals surface area contributed by atoms with Crippen LogP contribution in [0, 0.1) is 5.92 Å². The van der Waals surface area contributed by atoms with Gasteiger partial charge in [0, 0.05) is 29.6 Å². The van der Waals surface area contributed by atoms with Crippen molar-refractivity contribution in [1.82, 2.24) is 25.3 Å². The van der Waals surface area contributed by atoms with Crippen molar-refractivity contribution in [2.45, 2.75) is 58.2 Å². The van der Waals surface area contributed by atoms with Gasteiger partial charge in [0.1, 0.15) is 0 Å². The molecule has 3 aromatic rings. The van der Waals surface area contributed by atoms with Crippen LogP contribution in [-0.2, 0) is 24.4 Å². The molecule has 8 heteroatoms. The number of rotatable bonds is 8. The number of amides is 1. The number of hydrogen-bond acceptors (Lipinski definition) is 6. The molecule has 0 bridgehead atoms. The van der Waals surface area contributed by atoms with Gasteiger partial charge in [0.2, 0.25) is 17.6 Å². The second kappa shape index (κ2) is 12.7. The predicted molar refractivity (Wildman–Crippen MR) is 145 cm³/mol. The molecule has 3 heterocycles. The lowest BCUT2D eigenvalue weighted by molar-refractivity contribution is -0.126. The normalized spacial score (nSPS) is 18.0. The molecular formula is C29H36ClN5O2. The van der Waals surface area contributed by atoms with Gasteiger partial charge in [-0.25, -0.2) is 0 Å². The Bertz CT molecular complexity index is 1130. The Morgan fingerprint density at radius 2 is 1.51 bits per heavy atom. The van der Waals surface area contributed by atoms with E-state index in [1.54, 1.807) is 0 Å². The molecule has 0 unspecified atom stereocenters. The van der Waals surface area contributed by atoms with Crippen LogP contribution >= 0.6 is 11.6 Å². The minimum absolute atomic E-state index is 0.0471. The molecule has 2 aliphatic rings. The summed E-state index contributed by atoms with van der Waals surface area (Å²) in [6.45, 7) is 6.28. The molecule has 0 radical (unpaired) electrons. The third kappa shape index (κ3) is 7.40. The molecule has 7 nitrogen and oxygen atoms in total. The van der Waals surface area contributed by atoms with E-state index >= 15 is 0 Å². The second-order valence-electron chi connectivity index (χ2n) is 10.3. The fourth-order valence-corrected chi connectivity index (χ4v) is 5.35. The molecule has 1 aromatic heterocycles. The number of aromatic nitrogens is 2. The van der Waals surface area contributed by atoms with Gasteiger partial charge < -0.3 is 9.84 Å². The smallest absolute Gasteiger partial charge is 0.241 e. The van der Waals surface area contributed by atoms with Crippen molar-refractivity contribution in [2.75, 3.05) is 26.2 Å². The van der Waals surface area contributed by atoms with Crippen LogP contribution in [-0.4, -0.2) is 52.0 Å². The SMILES string of the molecule is O=C(NCc1ccc(CN2CCCCCC2)cc1)C1CCN(Cc2nc(-c3ccc(Cl)cc3)no2)CC1. The maximum atomic E-state index is 12.8. The number of nitrogens with zero attached hydrogens (tertiary/aromatic N) is 4. The van der Waals surface area contributed by atoms with Crippen molar-refractivity contribution in [1.29, 1.82) is 0 Å². The van der Waals surface area contributed by atoms with E-state index in [0.29, 0.717) is 29.8 Å². The highest BCUT2D eigenvalue weighted by Crippen LogP contribution is 2.22. The number of likely N-dealkylation sites (tertiary alicyclic amines) is 2. The second-order valence-corrected chi connectivity index (χ2v) is 10.7. The summed E-state index contributed by atoms with van der Waals surface area (Å²) in [5.74, 6) is 1.35. The first kappa shape index (κ1) is 25.9. The first-order valence-corrected chi connectivity index (χ1v) is 13.9. The molecule has 0 atom stereocenters. The van der Waals surface area contributed by atoms with E-state index < -0.39 is 0 Å². The zero-order valence-corrected chi connectivity index (χ0v) is 22.1. The summed E-state index contributed by atoms with van der Waals surface area (Å²) in [6, 6.07) is 16.1. The molecule has 1 N–H and O–H groups in total. The Labute approximate surface area is 224 Å². The molecular weight excluding hydrogens is 486 g/mol. The standard InChI is InChI=1S/C29H36ClN5O2/c30-26-11-9-24(10-12-26)28-32-27(37-33-28)21-35-17-13-25(14-18-35)29(36)31-19-22-5-7-23(8-6-22)20-34-15-3-1-2-4-16-34/h5-12,25H,1-4,13-21H2,(H,31,36). The molecule has 5 rings (SSSR count). The highest BCUT2D eigenvalue weighted by Gasteiger charge is 2.26. The van der Waals surface area contributed by atoms with Crippen LogP contribution in [0.2, 0.25) is 5.02 Å². The maximum Gasteiger partial charge on any atom is 0.241 e. The van der Waals surface area contributed by atoms with Crippen molar-refractivity contribution >= 4 is 17.5 Å². The van der Waals surface area contributed by atoms with Gasteiger partial charge in [-0.3, -0.25) is 14.6 Å². The summed E-state index contributed by atoms with van der Waals surface area (Å²) < 4.78 is 5.45. The third-order valence-corrected chi connectivity index (χ3v) is 7.73. The molecule has 0 saturated carbocycles. The fraction of sp³-hybridized carbons (Fsp3) is 0.483. The van der Waals surface area contributed by atoms with Gasteiger partial charge in [0.15, 0.2) is 0 Å². The molecule has 2 fully saturated rings. The molecule has 1 amide bonds. The Kier molecular flexibility index (Phi) is 8.87. The van der Waals surface area contributed by atoms with Crippen LogP contribution in [0.15, 0.2) is 53.1 Å². The van der Waals surface area contributed by atoms with E-state index in [0.717, 1.165) is 43.6 Å². The van der Waals surface area contributed by atoms with Gasteiger partial charge in [-0.2, -0.15) is 4.98 Å². The molecule has 2 aliphatic heterocycles. The average Bonchev–Trinajstić information content (AvgIpc) is 3.23. The van der Waals surface area contributed by atoms with Crippen LogP contribution in [0.5, 0.6) is 0 Å². The molecule has 0 spiro atoms. The molecule has 196 valence electrons. The predicted octanol–water partition coefficient (Wildman–Crippen LogP) is 5.29. The fourth-order valence-electron chi connectivity index (χ4n) is 5.23. The summed E-state index contributed by atoms with van der Waals surface area (Å²) in [4.78, 5) is 22.1. The van der Waals surface area contributed by atoms with E-state index in [9.17, 15) is 4.79 Å². The summed E-state index contributed by atoms with van der Waals surface area (Å²) in [7, 11) is 0. The summed E-state index contributed by atoms with van der Waals surface area (Å²) in [6.07, 6.45) is 7.01. The summed E-state index contributed by atoms with van der Waals surface area (Å²) in [5.41, 5.74) is 3.38. The first-order chi connectivity index (χ1) is 18.1. The number of hydrogen-bond donors (Lipinski definition) is 1. The number of benzene rings is 2. The van der Waals surface area contributed by atoms with Crippen LogP contribution < -0.4 is 5.32 Å². The van der Waals surface area contributed by atoms with E-state index in [4.69, 9.17) is 16.1 Å². The van der Waals surface area contributed by atoms with Crippen molar-refractivity contribution in [3.8, 4) is 11.4 Å². The van der Waals surface area contributed by atoms with E-state index in [1.807, 2.05) is 24.3 Å². The van der Waals surface area contributed by atoms with Gasteiger partial charge >= 0.3 is 0 Å². The maximum absolute atomic E-state index is 12.8. The average molecular weight is 522 g/mol. The zero-order valence-electron chi connectivity index (χ0n) is 21.4. The highest BCUT2D eigenvalue weighted by molar-refractivity contribution is 6.30.